The zero-order valence-electron chi connectivity index (χ0n) is 27.3. The summed E-state index contributed by atoms with van der Waals surface area (Å²) in [6.07, 6.45) is 9.08. The van der Waals surface area contributed by atoms with E-state index in [1.165, 1.54) is 33.1 Å². The minimum Gasteiger partial charge on any atom is -0.332 e. The van der Waals surface area contributed by atoms with Crippen LogP contribution in [0, 0.1) is 0 Å². The first-order valence-corrected chi connectivity index (χ1v) is 17.2. The van der Waals surface area contributed by atoms with E-state index in [0.29, 0.717) is 5.82 Å². The Morgan fingerprint density at radius 3 is 1.84 bits per heavy atom. The lowest BCUT2D eigenvalue weighted by atomic mass is 9.91. The molecule has 0 radical (unpaired) electrons. The number of benzene rings is 6. The Kier molecular flexibility index (Phi) is 6.59. The van der Waals surface area contributed by atoms with Crippen LogP contribution in [0.3, 0.4) is 0 Å². The van der Waals surface area contributed by atoms with E-state index in [9.17, 15) is 0 Å². The lowest BCUT2D eigenvalue weighted by Gasteiger charge is -2.29. The Labute approximate surface area is 290 Å². The summed E-state index contributed by atoms with van der Waals surface area (Å²) in [7, 11) is 0. The molecule has 2 atom stereocenters. The summed E-state index contributed by atoms with van der Waals surface area (Å²) >= 11 is 0. The van der Waals surface area contributed by atoms with Crippen molar-refractivity contribution in [1.82, 2.24) is 14.5 Å². The van der Waals surface area contributed by atoms with Gasteiger partial charge in [-0.25, -0.2) is 9.97 Å². The maximum Gasteiger partial charge on any atom is 0.160 e. The van der Waals surface area contributed by atoms with Crippen molar-refractivity contribution in [2.75, 3.05) is 4.90 Å². The standard InChI is InChI=1S/C46H32N4/c1-4-15-31(16-5-1)40-30-41(32-17-6-2-7-18-32)48-46(47-40)33-19-14-22-35(29-33)50-43-26-13-11-24-37(43)39-28-27-38-36-23-10-12-25-42(36)49(44(38)45(39)50)34-20-8-3-9-21-34/h1-30,37,43H. The van der Waals surface area contributed by atoms with Crippen LogP contribution in [0.4, 0.5) is 11.4 Å². The lowest BCUT2D eigenvalue weighted by molar-refractivity contribution is 0.745. The van der Waals surface area contributed by atoms with E-state index < -0.39 is 0 Å². The number of para-hydroxylation sites is 2. The summed E-state index contributed by atoms with van der Waals surface area (Å²) in [4.78, 5) is 12.9. The molecule has 2 unspecified atom stereocenters. The second-order valence-electron chi connectivity index (χ2n) is 13.0. The van der Waals surface area contributed by atoms with Gasteiger partial charge in [0, 0.05) is 44.8 Å². The van der Waals surface area contributed by atoms with Crippen molar-refractivity contribution in [3.63, 3.8) is 0 Å². The third-order valence-corrected chi connectivity index (χ3v) is 10.1. The zero-order chi connectivity index (χ0) is 33.0. The second kappa shape index (κ2) is 11.6. The largest absolute Gasteiger partial charge is 0.332 e. The molecule has 0 saturated heterocycles. The topological polar surface area (TPSA) is 34.0 Å². The summed E-state index contributed by atoms with van der Waals surface area (Å²) in [6.45, 7) is 0. The normalized spacial score (nSPS) is 16.2. The molecule has 236 valence electrons. The smallest absolute Gasteiger partial charge is 0.160 e. The van der Waals surface area contributed by atoms with Gasteiger partial charge in [-0.2, -0.15) is 0 Å². The Balaban J connectivity index is 1.20. The van der Waals surface area contributed by atoms with Crippen LogP contribution in [0.2, 0.25) is 0 Å². The molecule has 0 bridgehead atoms. The first kappa shape index (κ1) is 28.5. The molecule has 0 N–H and O–H groups in total. The molecule has 0 fully saturated rings. The maximum absolute atomic E-state index is 5.17. The van der Waals surface area contributed by atoms with Gasteiger partial charge in [-0.05, 0) is 42.0 Å². The fourth-order valence-electron chi connectivity index (χ4n) is 7.89. The molecule has 2 aromatic heterocycles. The fourth-order valence-corrected chi connectivity index (χ4v) is 7.89. The quantitative estimate of drug-likeness (QED) is 0.188. The van der Waals surface area contributed by atoms with E-state index in [0.717, 1.165) is 39.5 Å². The molecule has 8 aromatic rings. The molecule has 50 heavy (non-hydrogen) atoms. The van der Waals surface area contributed by atoms with E-state index in [1.54, 1.807) is 0 Å². The van der Waals surface area contributed by atoms with Gasteiger partial charge in [0.15, 0.2) is 5.82 Å². The molecule has 6 aromatic carbocycles. The van der Waals surface area contributed by atoms with Gasteiger partial charge in [-0.15, -0.1) is 0 Å². The highest BCUT2D eigenvalue weighted by molar-refractivity contribution is 6.15. The Morgan fingerprint density at radius 1 is 0.480 bits per heavy atom. The summed E-state index contributed by atoms with van der Waals surface area (Å²) in [5.41, 5.74) is 12.2. The molecule has 1 aliphatic carbocycles. The predicted octanol–water partition coefficient (Wildman–Crippen LogP) is 11.3. The number of aromatic nitrogens is 3. The zero-order valence-corrected chi connectivity index (χ0v) is 27.3. The molecule has 10 rings (SSSR count). The van der Waals surface area contributed by atoms with E-state index in [-0.39, 0.29) is 12.0 Å². The predicted molar refractivity (Wildman–Crippen MR) is 206 cm³/mol. The second-order valence-corrected chi connectivity index (χ2v) is 13.0. The molecule has 2 aliphatic rings. The Morgan fingerprint density at radius 2 is 1.10 bits per heavy atom. The van der Waals surface area contributed by atoms with Crippen LogP contribution in [0.5, 0.6) is 0 Å². The highest BCUT2D eigenvalue weighted by Crippen LogP contribution is 2.53. The highest BCUT2D eigenvalue weighted by atomic mass is 15.2. The van der Waals surface area contributed by atoms with Crippen molar-refractivity contribution in [2.45, 2.75) is 12.0 Å². The summed E-state index contributed by atoms with van der Waals surface area (Å²) in [5.74, 6) is 0.936. The molecule has 3 heterocycles. The van der Waals surface area contributed by atoms with Gasteiger partial charge in [0.05, 0.1) is 34.2 Å². The van der Waals surface area contributed by atoms with Crippen LogP contribution in [0.1, 0.15) is 11.5 Å². The minimum absolute atomic E-state index is 0.134. The number of allylic oxidation sites excluding steroid dienone is 2. The van der Waals surface area contributed by atoms with E-state index in [2.05, 4.69) is 179 Å². The number of fused-ring (bicyclic) bond motifs is 7. The van der Waals surface area contributed by atoms with Gasteiger partial charge in [-0.3, -0.25) is 0 Å². The van der Waals surface area contributed by atoms with Crippen molar-refractivity contribution < 1.29 is 0 Å². The van der Waals surface area contributed by atoms with Crippen molar-refractivity contribution in [1.29, 1.82) is 0 Å². The number of rotatable bonds is 5. The van der Waals surface area contributed by atoms with Gasteiger partial charge in [0.25, 0.3) is 0 Å². The average Bonchev–Trinajstić information content (AvgIpc) is 3.72. The molecule has 1 aliphatic heterocycles. The lowest BCUT2D eigenvalue weighted by Crippen LogP contribution is -2.28. The highest BCUT2D eigenvalue weighted by Gasteiger charge is 2.40. The van der Waals surface area contributed by atoms with E-state index >= 15 is 0 Å². The third-order valence-electron chi connectivity index (χ3n) is 10.1. The minimum atomic E-state index is 0.134. The number of anilines is 2. The third kappa shape index (κ3) is 4.53. The van der Waals surface area contributed by atoms with Crippen LogP contribution < -0.4 is 4.90 Å². The number of hydrogen-bond donors (Lipinski definition) is 0. The van der Waals surface area contributed by atoms with Crippen molar-refractivity contribution >= 4 is 33.2 Å². The Hall–Kier alpha value is -6.52. The average molecular weight is 641 g/mol. The van der Waals surface area contributed by atoms with Crippen molar-refractivity contribution in [3.05, 3.63) is 188 Å². The van der Waals surface area contributed by atoms with Crippen LogP contribution in [-0.4, -0.2) is 20.6 Å². The summed E-state index contributed by atoms with van der Waals surface area (Å²) < 4.78 is 2.45. The van der Waals surface area contributed by atoms with Gasteiger partial charge in [0.1, 0.15) is 0 Å². The molecule has 0 spiro atoms. The Bertz CT molecular complexity index is 2540. The van der Waals surface area contributed by atoms with Crippen LogP contribution in [0.15, 0.2) is 182 Å². The summed E-state index contributed by atoms with van der Waals surface area (Å²) in [5, 5.41) is 2.51. The molecular weight excluding hydrogens is 609 g/mol. The fraction of sp³-hybridized carbons (Fsp3) is 0.0435. The van der Waals surface area contributed by atoms with Crippen LogP contribution >= 0.6 is 0 Å². The van der Waals surface area contributed by atoms with Gasteiger partial charge >= 0.3 is 0 Å². The van der Waals surface area contributed by atoms with Gasteiger partial charge in [0.2, 0.25) is 0 Å². The molecule has 4 heteroatoms. The van der Waals surface area contributed by atoms with Crippen molar-refractivity contribution in [2.24, 2.45) is 0 Å². The van der Waals surface area contributed by atoms with E-state index in [4.69, 9.17) is 9.97 Å². The first-order valence-electron chi connectivity index (χ1n) is 17.2. The maximum atomic E-state index is 5.17. The monoisotopic (exact) mass is 640 g/mol. The first-order chi connectivity index (χ1) is 24.8. The van der Waals surface area contributed by atoms with Crippen molar-refractivity contribution in [3.8, 4) is 39.6 Å². The van der Waals surface area contributed by atoms with E-state index in [1.807, 2.05) is 12.1 Å². The molecule has 0 amide bonds. The molecule has 0 saturated carbocycles. The van der Waals surface area contributed by atoms with Crippen LogP contribution in [0.25, 0.3) is 61.4 Å². The SMILES string of the molecule is C1=CC2c3ccc4c5ccccc5n(-c5ccccc5)c4c3N(c3cccc(-c4nc(-c5ccccc5)cc(-c5ccccc5)n4)c3)C2C=C1. The number of hydrogen-bond acceptors (Lipinski definition) is 3. The number of nitrogens with zero attached hydrogens (tertiary/aromatic N) is 4. The molecule has 4 nitrogen and oxygen atoms in total. The molecular formula is C46H32N4. The van der Waals surface area contributed by atoms with Gasteiger partial charge in [-0.1, -0.05) is 146 Å². The summed E-state index contributed by atoms with van der Waals surface area (Å²) in [6, 6.07) is 56.0. The van der Waals surface area contributed by atoms with Crippen LogP contribution in [-0.2, 0) is 0 Å². The van der Waals surface area contributed by atoms with Gasteiger partial charge < -0.3 is 9.47 Å².